The highest BCUT2D eigenvalue weighted by Crippen LogP contribution is 2.25. The Balaban J connectivity index is 2.84. The van der Waals surface area contributed by atoms with Crippen molar-refractivity contribution < 1.29 is 4.39 Å². The fraction of sp³-hybridized carbons (Fsp3) is 0.545. The third kappa shape index (κ3) is 2.51. The van der Waals surface area contributed by atoms with E-state index in [2.05, 4.69) is 18.8 Å². The van der Waals surface area contributed by atoms with Crippen molar-refractivity contribution in [2.75, 3.05) is 0 Å². The van der Waals surface area contributed by atoms with Gasteiger partial charge in [-0.3, -0.25) is 0 Å². The molecule has 1 aromatic heterocycles. The summed E-state index contributed by atoms with van der Waals surface area (Å²) in [4.78, 5) is 3.66. The van der Waals surface area contributed by atoms with Crippen molar-refractivity contribution in [3.63, 3.8) is 0 Å². The van der Waals surface area contributed by atoms with E-state index in [0.717, 1.165) is 24.8 Å². The van der Waals surface area contributed by atoms with Crippen molar-refractivity contribution in [3.05, 3.63) is 29.8 Å². The summed E-state index contributed by atoms with van der Waals surface area (Å²) in [6.45, 7) is 4.21. The lowest BCUT2D eigenvalue weighted by Crippen LogP contribution is -2.01. The number of hydrogen-bond acceptors (Lipinski definition) is 1. The zero-order valence-corrected chi connectivity index (χ0v) is 8.26. The van der Waals surface area contributed by atoms with Gasteiger partial charge in [-0.1, -0.05) is 26.3 Å². The van der Waals surface area contributed by atoms with E-state index < -0.39 is 0 Å². The maximum Gasteiger partial charge on any atom is 0.216 e. The van der Waals surface area contributed by atoms with Gasteiger partial charge in [0.15, 0.2) is 0 Å². The molecule has 0 aromatic carbocycles. The average Bonchev–Trinajstić information content (AvgIpc) is 2.16. The number of aromatic nitrogens is 1. The van der Waals surface area contributed by atoms with Gasteiger partial charge in [-0.05, 0) is 24.8 Å². The lowest BCUT2D eigenvalue weighted by molar-refractivity contribution is 0.515. The van der Waals surface area contributed by atoms with E-state index in [1.54, 1.807) is 6.07 Å². The van der Waals surface area contributed by atoms with Crippen molar-refractivity contribution >= 4 is 0 Å². The van der Waals surface area contributed by atoms with Crippen LogP contribution in [-0.4, -0.2) is 4.98 Å². The summed E-state index contributed by atoms with van der Waals surface area (Å²) in [5, 5.41) is 0. The minimum absolute atomic E-state index is 0.303. The van der Waals surface area contributed by atoms with Gasteiger partial charge in [0.2, 0.25) is 5.95 Å². The molecule has 13 heavy (non-hydrogen) atoms. The predicted octanol–water partition coefficient (Wildman–Crippen LogP) is 3.51. The van der Waals surface area contributed by atoms with E-state index in [-0.39, 0.29) is 5.95 Å². The molecule has 0 N–H and O–H groups in total. The van der Waals surface area contributed by atoms with Crippen molar-refractivity contribution in [3.8, 4) is 0 Å². The van der Waals surface area contributed by atoms with Crippen LogP contribution in [0.3, 0.4) is 0 Å². The van der Waals surface area contributed by atoms with Gasteiger partial charge in [0, 0.05) is 11.8 Å². The molecule has 0 saturated carbocycles. The Hall–Kier alpha value is -0.920. The Morgan fingerprint density at radius 3 is 2.77 bits per heavy atom. The van der Waals surface area contributed by atoms with Gasteiger partial charge in [-0.15, -0.1) is 0 Å². The molecule has 0 aliphatic rings. The Kier molecular flexibility index (Phi) is 3.87. The second-order valence-electron chi connectivity index (χ2n) is 3.28. The van der Waals surface area contributed by atoms with Crippen molar-refractivity contribution in [2.24, 2.45) is 0 Å². The summed E-state index contributed by atoms with van der Waals surface area (Å²) in [6.07, 6.45) is 4.61. The minimum atomic E-state index is -0.303. The first-order chi connectivity index (χ1) is 6.29. The molecule has 1 atom stereocenters. The van der Waals surface area contributed by atoms with Gasteiger partial charge < -0.3 is 0 Å². The van der Waals surface area contributed by atoms with Crippen LogP contribution in [-0.2, 0) is 0 Å². The van der Waals surface area contributed by atoms with E-state index in [9.17, 15) is 4.39 Å². The highest BCUT2D eigenvalue weighted by molar-refractivity contribution is 5.16. The summed E-state index contributed by atoms with van der Waals surface area (Å²) in [7, 11) is 0. The quantitative estimate of drug-likeness (QED) is 0.648. The first-order valence-electron chi connectivity index (χ1n) is 4.90. The van der Waals surface area contributed by atoms with Crippen LogP contribution in [0.2, 0.25) is 0 Å². The molecule has 0 bridgehead atoms. The van der Waals surface area contributed by atoms with Gasteiger partial charge in [-0.25, -0.2) is 4.98 Å². The highest BCUT2D eigenvalue weighted by Gasteiger charge is 2.12. The molecule has 0 fully saturated rings. The van der Waals surface area contributed by atoms with Gasteiger partial charge >= 0.3 is 0 Å². The number of nitrogens with zero attached hydrogens (tertiary/aromatic N) is 1. The summed E-state index contributed by atoms with van der Waals surface area (Å²) in [5.41, 5.74) is 0.770. The van der Waals surface area contributed by atoms with Crippen LogP contribution in [0.4, 0.5) is 4.39 Å². The summed E-state index contributed by atoms with van der Waals surface area (Å²) in [5.74, 6) is 0.0292. The van der Waals surface area contributed by atoms with E-state index in [0.29, 0.717) is 5.92 Å². The monoisotopic (exact) mass is 181 g/mol. The summed E-state index contributed by atoms with van der Waals surface area (Å²) in [6, 6.07) is 3.64. The minimum Gasteiger partial charge on any atom is -0.228 e. The van der Waals surface area contributed by atoms with Crippen molar-refractivity contribution in [1.29, 1.82) is 0 Å². The molecular formula is C11H16FN. The zero-order valence-electron chi connectivity index (χ0n) is 8.26. The van der Waals surface area contributed by atoms with Gasteiger partial charge in [0.25, 0.3) is 0 Å². The smallest absolute Gasteiger partial charge is 0.216 e. The van der Waals surface area contributed by atoms with Crippen LogP contribution < -0.4 is 0 Å². The van der Waals surface area contributed by atoms with Gasteiger partial charge in [-0.2, -0.15) is 4.39 Å². The highest BCUT2D eigenvalue weighted by atomic mass is 19.1. The standard InChI is InChI=1S/C11H16FN/c1-3-6-9(4-2)10-7-5-8-13-11(10)12/h5,7-9H,3-4,6H2,1-2H3. The molecule has 72 valence electrons. The van der Waals surface area contributed by atoms with E-state index in [1.165, 1.54) is 6.20 Å². The SMILES string of the molecule is CCCC(CC)c1cccnc1F. The number of rotatable bonds is 4. The van der Waals surface area contributed by atoms with Crippen molar-refractivity contribution in [2.45, 2.75) is 39.0 Å². The second kappa shape index (κ2) is 4.95. The Labute approximate surface area is 79.0 Å². The maximum atomic E-state index is 13.2. The van der Waals surface area contributed by atoms with Gasteiger partial charge in [0.05, 0.1) is 0 Å². The predicted molar refractivity (Wildman–Crippen MR) is 52.1 cm³/mol. The topological polar surface area (TPSA) is 12.9 Å². The maximum absolute atomic E-state index is 13.2. The number of pyridine rings is 1. The third-order valence-electron chi connectivity index (χ3n) is 2.36. The lowest BCUT2D eigenvalue weighted by atomic mass is 9.93. The molecule has 0 saturated heterocycles. The molecule has 0 radical (unpaired) electrons. The van der Waals surface area contributed by atoms with Crippen LogP contribution in [0.25, 0.3) is 0 Å². The van der Waals surface area contributed by atoms with Crippen LogP contribution in [0.15, 0.2) is 18.3 Å². The molecule has 0 amide bonds. The van der Waals surface area contributed by atoms with E-state index >= 15 is 0 Å². The molecule has 2 heteroatoms. The molecule has 1 nitrogen and oxygen atoms in total. The Morgan fingerprint density at radius 1 is 1.46 bits per heavy atom. The fourth-order valence-corrected chi connectivity index (χ4v) is 1.63. The third-order valence-corrected chi connectivity index (χ3v) is 2.36. The average molecular weight is 181 g/mol. The molecule has 0 aliphatic carbocycles. The molecule has 1 rings (SSSR count). The Morgan fingerprint density at radius 2 is 2.23 bits per heavy atom. The normalized spacial score (nSPS) is 12.8. The summed E-state index contributed by atoms with van der Waals surface area (Å²) < 4.78 is 13.2. The molecular weight excluding hydrogens is 165 g/mol. The van der Waals surface area contributed by atoms with Crippen molar-refractivity contribution in [1.82, 2.24) is 4.98 Å². The van der Waals surface area contributed by atoms with Crippen LogP contribution in [0, 0.1) is 5.95 Å². The zero-order chi connectivity index (χ0) is 9.68. The van der Waals surface area contributed by atoms with Crippen LogP contribution >= 0.6 is 0 Å². The Bertz CT molecular complexity index is 260. The van der Waals surface area contributed by atoms with Crippen LogP contribution in [0.1, 0.15) is 44.6 Å². The number of hydrogen-bond donors (Lipinski definition) is 0. The van der Waals surface area contributed by atoms with E-state index in [1.807, 2.05) is 6.07 Å². The molecule has 1 unspecified atom stereocenters. The number of halogens is 1. The van der Waals surface area contributed by atoms with E-state index in [4.69, 9.17) is 0 Å². The second-order valence-corrected chi connectivity index (χ2v) is 3.28. The molecule has 1 aromatic rings. The van der Waals surface area contributed by atoms with Crippen LogP contribution in [0.5, 0.6) is 0 Å². The molecule has 1 heterocycles. The molecule has 0 aliphatic heterocycles. The largest absolute Gasteiger partial charge is 0.228 e. The first-order valence-corrected chi connectivity index (χ1v) is 4.90. The molecule has 0 spiro atoms. The lowest BCUT2D eigenvalue weighted by Gasteiger charge is -2.13. The summed E-state index contributed by atoms with van der Waals surface area (Å²) >= 11 is 0. The first kappa shape index (κ1) is 10.2. The van der Waals surface area contributed by atoms with Gasteiger partial charge in [0.1, 0.15) is 0 Å². The fourth-order valence-electron chi connectivity index (χ4n) is 1.63.